The molecular weight excluding hydrogens is 356 g/mol. The molecule has 0 radical (unpaired) electrons. The predicted molar refractivity (Wildman–Crippen MR) is 97.0 cm³/mol. The Kier molecular flexibility index (Phi) is 6.41. The number of carbonyl (C=O) groups excluding carboxylic acids is 2. The van der Waals surface area contributed by atoms with Crippen LogP contribution in [0.25, 0.3) is 0 Å². The third-order valence-corrected chi connectivity index (χ3v) is 6.14. The lowest BCUT2D eigenvalue weighted by atomic mass is 10.0. The van der Waals surface area contributed by atoms with Crippen LogP contribution in [0.2, 0.25) is 0 Å². The summed E-state index contributed by atoms with van der Waals surface area (Å²) >= 11 is 0. The van der Waals surface area contributed by atoms with Gasteiger partial charge in [0.1, 0.15) is 12.2 Å². The Balaban J connectivity index is 2.30. The van der Waals surface area contributed by atoms with E-state index in [9.17, 15) is 18.0 Å². The normalized spacial score (nSPS) is 20.1. The molecule has 0 unspecified atom stereocenters. The molecule has 1 aliphatic rings. The highest BCUT2D eigenvalue weighted by Crippen LogP contribution is 2.26. The van der Waals surface area contributed by atoms with Crippen molar-refractivity contribution in [1.29, 1.82) is 0 Å². The number of hydrogen-bond donors (Lipinski definition) is 2. The summed E-state index contributed by atoms with van der Waals surface area (Å²) in [7, 11) is -4.04. The first-order chi connectivity index (χ1) is 12.2. The summed E-state index contributed by atoms with van der Waals surface area (Å²) in [5.41, 5.74) is 7.60. The maximum atomic E-state index is 12.9. The van der Waals surface area contributed by atoms with Gasteiger partial charge in [0.05, 0.1) is 4.90 Å². The molecule has 0 aromatic heterocycles. The van der Waals surface area contributed by atoms with Crippen LogP contribution >= 0.6 is 0 Å². The molecule has 26 heavy (non-hydrogen) atoms. The summed E-state index contributed by atoms with van der Waals surface area (Å²) in [4.78, 5) is 23.7. The van der Waals surface area contributed by atoms with Gasteiger partial charge >= 0.3 is 0 Å². The molecule has 1 aliphatic heterocycles. The highest BCUT2D eigenvalue weighted by atomic mass is 32.2. The average molecular weight is 382 g/mol. The van der Waals surface area contributed by atoms with E-state index in [0.717, 1.165) is 12.0 Å². The van der Waals surface area contributed by atoms with Crippen LogP contribution in [-0.2, 0) is 43.6 Å². The summed E-state index contributed by atoms with van der Waals surface area (Å²) < 4.78 is 33.2. The maximum Gasteiger partial charge on any atom is 0.264 e. The van der Waals surface area contributed by atoms with Gasteiger partial charge in [0, 0.05) is 0 Å². The van der Waals surface area contributed by atoms with Crippen LogP contribution < -0.4 is 10.5 Å². The number of sulfonamides is 1. The first kappa shape index (κ1) is 20.4. The Bertz CT molecular complexity index is 779. The number of amides is 2. The predicted octanol–water partition coefficient (Wildman–Crippen LogP) is 1.21. The molecule has 1 heterocycles. The van der Waals surface area contributed by atoms with E-state index in [1.807, 2.05) is 32.9 Å². The van der Waals surface area contributed by atoms with Crippen LogP contribution in [-0.4, -0.2) is 32.4 Å². The molecule has 7 nitrogen and oxygen atoms in total. The first-order valence-corrected chi connectivity index (χ1v) is 10.4. The lowest BCUT2D eigenvalue weighted by Gasteiger charge is -2.18. The van der Waals surface area contributed by atoms with Crippen LogP contribution in [0.1, 0.15) is 50.3 Å². The van der Waals surface area contributed by atoms with Crippen molar-refractivity contribution in [3.63, 3.8) is 0 Å². The molecule has 1 fully saturated rings. The fraction of sp³-hybridized carbons (Fsp3) is 0.556. The number of primary amides is 1. The van der Waals surface area contributed by atoms with Crippen LogP contribution in [0.5, 0.6) is 0 Å². The van der Waals surface area contributed by atoms with Gasteiger partial charge in [0.2, 0.25) is 5.91 Å². The van der Waals surface area contributed by atoms with Crippen LogP contribution in [0, 0.1) is 0 Å². The van der Waals surface area contributed by atoms with E-state index in [2.05, 4.69) is 4.72 Å². The molecule has 1 aromatic rings. The minimum atomic E-state index is -4.04. The lowest BCUT2D eigenvalue weighted by molar-refractivity contribution is -0.136. The number of rotatable bonds is 7. The molecule has 144 valence electrons. The summed E-state index contributed by atoms with van der Waals surface area (Å²) in [6.07, 6.45) is 0.590. The third-order valence-electron chi connectivity index (χ3n) is 4.61. The zero-order valence-corrected chi connectivity index (χ0v) is 16.2. The third kappa shape index (κ3) is 4.24. The topological polar surface area (TPSA) is 116 Å². The smallest absolute Gasteiger partial charge is 0.264 e. The Morgan fingerprint density at radius 3 is 2.04 bits per heavy atom. The van der Waals surface area contributed by atoms with Gasteiger partial charge in [-0.1, -0.05) is 32.9 Å². The molecule has 0 aliphatic carbocycles. The van der Waals surface area contributed by atoms with Gasteiger partial charge in [-0.3, -0.25) is 9.59 Å². The minimum Gasteiger partial charge on any atom is -0.367 e. The van der Waals surface area contributed by atoms with Gasteiger partial charge in [-0.2, -0.15) is 0 Å². The first-order valence-electron chi connectivity index (χ1n) is 8.89. The molecule has 2 rings (SSSR count). The molecule has 0 spiro atoms. The second-order valence-corrected chi connectivity index (χ2v) is 7.99. The fourth-order valence-electron chi connectivity index (χ4n) is 3.19. The zero-order chi connectivity index (χ0) is 19.5. The second-order valence-electron chi connectivity index (χ2n) is 6.37. The van der Waals surface area contributed by atoms with E-state index in [1.54, 1.807) is 0 Å². The zero-order valence-electron chi connectivity index (χ0n) is 15.4. The van der Waals surface area contributed by atoms with E-state index in [-0.39, 0.29) is 11.3 Å². The number of ether oxygens (including phenoxy) is 1. The highest BCUT2D eigenvalue weighted by molar-refractivity contribution is 7.90. The number of nitrogens with two attached hydrogens (primary N) is 1. The van der Waals surface area contributed by atoms with Crippen LogP contribution in [0.4, 0.5) is 0 Å². The molecule has 0 bridgehead atoms. The van der Waals surface area contributed by atoms with Crippen molar-refractivity contribution in [2.45, 2.75) is 70.0 Å². The van der Waals surface area contributed by atoms with Crippen molar-refractivity contribution in [1.82, 2.24) is 4.72 Å². The van der Waals surface area contributed by atoms with Gasteiger partial charge in [0.15, 0.2) is 0 Å². The van der Waals surface area contributed by atoms with Crippen molar-refractivity contribution in [2.75, 3.05) is 0 Å². The van der Waals surface area contributed by atoms with Crippen molar-refractivity contribution < 1.29 is 22.7 Å². The SMILES string of the molecule is CCc1cc(CC)c(S(=O)(=O)NC(=O)[C@@H]2CC[C@H](C(N)=O)O2)c(CC)c1. The molecule has 0 saturated carbocycles. The quantitative estimate of drug-likeness (QED) is 0.735. The van der Waals surface area contributed by atoms with Gasteiger partial charge in [-0.15, -0.1) is 0 Å². The van der Waals surface area contributed by atoms with Crippen molar-refractivity contribution >= 4 is 21.8 Å². The molecule has 2 atom stereocenters. The fourth-order valence-corrected chi connectivity index (χ4v) is 4.78. The summed E-state index contributed by atoms with van der Waals surface area (Å²) in [6, 6.07) is 3.74. The monoisotopic (exact) mass is 382 g/mol. The summed E-state index contributed by atoms with van der Waals surface area (Å²) in [5, 5.41) is 0. The molecular formula is C18H26N2O5S. The highest BCUT2D eigenvalue weighted by Gasteiger charge is 2.36. The van der Waals surface area contributed by atoms with E-state index in [4.69, 9.17) is 10.5 Å². The number of carbonyl (C=O) groups is 2. The number of nitrogens with one attached hydrogen (secondary N) is 1. The standard InChI is InChI=1S/C18H26N2O5S/c1-4-11-9-12(5-2)16(13(6-3)10-11)26(23,24)20-18(22)15-8-7-14(25-15)17(19)21/h9-10,14-15H,4-8H2,1-3H3,(H2,19,21)(H,20,22)/t14-,15+/m1/s1. The van der Waals surface area contributed by atoms with Crippen LogP contribution in [0.15, 0.2) is 17.0 Å². The van der Waals surface area contributed by atoms with Gasteiger partial charge in [-0.05, 0) is 48.8 Å². The lowest BCUT2D eigenvalue weighted by Crippen LogP contribution is -2.40. The Hall–Kier alpha value is -1.93. The Morgan fingerprint density at radius 1 is 1.08 bits per heavy atom. The van der Waals surface area contributed by atoms with E-state index in [1.165, 1.54) is 0 Å². The number of hydrogen-bond acceptors (Lipinski definition) is 5. The van der Waals surface area contributed by atoms with E-state index < -0.39 is 34.0 Å². The van der Waals surface area contributed by atoms with Crippen molar-refractivity contribution in [3.05, 3.63) is 28.8 Å². The molecule has 1 saturated heterocycles. The average Bonchev–Trinajstić information content (AvgIpc) is 3.10. The molecule has 1 aromatic carbocycles. The number of benzene rings is 1. The van der Waals surface area contributed by atoms with Crippen LogP contribution in [0.3, 0.4) is 0 Å². The van der Waals surface area contributed by atoms with Crippen molar-refractivity contribution in [2.24, 2.45) is 5.73 Å². The molecule has 3 N–H and O–H groups in total. The Labute approximate surface area is 154 Å². The number of aryl methyl sites for hydroxylation is 3. The van der Waals surface area contributed by atoms with Crippen molar-refractivity contribution in [3.8, 4) is 0 Å². The largest absolute Gasteiger partial charge is 0.367 e. The second kappa shape index (κ2) is 8.18. The maximum absolute atomic E-state index is 12.9. The van der Waals surface area contributed by atoms with E-state index >= 15 is 0 Å². The summed E-state index contributed by atoms with van der Waals surface area (Å²) in [5.74, 6) is -1.42. The Morgan fingerprint density at radius 2 is 1.62 bits per heavy atom. The molecule has 8 heteroatoms. The van der Waals surface area contributed by atoms with E-state index in [0.29, 0.717) is 30.4 Å². The van der Waals surface area contributed by atoms with Gasteiger partial charge < -0.3 is 10.5 Å². The summed E-state index contributed by atoms with van der Waals surface area (Å²) in [6.45, 7) is 5.77. The minimum absolute atomic E-state index is 0.164. The molecule has 2 amide bonds. The van der Waals surface area contributed by atoms with Gasteiger partial charge in [0.25, 0.3) is 15.9 Å². The van der Waals surface area contributed by atoms with Gasteiger partial charge in [-0.25, -0.2) is 13.1 Å².